The normalized spacial score (nSPS) is 21.0. The van der Waals surface area contributed by atoms with Crippen molar-refractivity contribution in [3.8, 4) is 5.75 Å². The first-order valence-electron chi connectivity index (χ1n) is 6.89. The minimum atomic E-state index is -1.10. The lowest BCUT2D eigenvalue weighted by atomic mass is 9.98. The molecule has 1 amide bonds. The molecule has 6 heteroatoms. The second kappa shape index (κ2) is 6.85. The number of ether oxygens (including phenoxy) is 1. The summed E-state index contributed by atoms with van der Waals surface area (Å²) in [5.74, 6) is 0.736. The van der Waals surface area contributed by atoms with Gasteiger partial charge in [0, 0.05) is 5.75 Å². The highest BCUT2D eigenvalue weighted by Gasteiger charge is 2.43. The molecule has 1 aliphatic rings. The molecule has 114 valence electrons. The molecule has 1 atom stereocenters. The zero-order valence-corrected chi connectivity index (χ0v) is 12.7. The number of rotatable bonds is 6. The number of aliphatic carboxylic acids is 1. The van der Waals surface area contributed by atoms with Crippen LogP contribution in [0.4, 0.5) is 0 Å². The summed E-state index contributed by atoms with van der Waals surface area (Å²) in [6, 6.07) is 7.26. The predicted octanol–water partition coefficient (Wildman–Crippen LogP) is 1.70. The van der Waals surface area contributed by atoms with Gasteiger partial charge in [0.2, 0.25) is 5.91 Å². The van der Waals surface area contributed by atoms with Gasteiger partial charge in [-0.05, 0) is 36.8 Å². The van der Waals surface area contributed by atoms with E-state index in [1.165, 1.54) is 0 Å². The minimum absolute atomic E-state index is 0.173. The van der Waals surface area contributed by atoms with Crippen molar-refractivity contribution in [1.82, 2.24) is 5.32 Å². The molecule has 1 aromatic rings. The number of thioether (sulfide) groups is 1. The van der Waals surface area contributed by atoms with Crippen LogP contribution in [0.5, 0.6) is 5.75 Å². The van der Waals surface area contributed by atoms with Crippen molar-refractivity contribution in [3.63, 3.8) is 0 Å². The van der Waals surface area contributed by atoms with E-state index in [1.807, 2.05) is 31.2 Å². The van der Waals surface area contributed by atoms with Crippen LogP contribution in [0.15, 0.2) is 24.3 Å². The lowest BCUT2D eigenvalue weighted by Crippen LogP contribution is -2.55. The highest BCUT2D eigenvalue weighted by Crippen LogP contribution is 2.28. The molecule has 1 heterocycles. The summed E-state index contributed by atoms with van der Waals surface area (Å²) >= 11 is 1.55. The fraction of sp³-hybridized carbons (Fsp3) is 0.467. The van der Waals surface area contributed by atoms with Crippen molar-refractivity contribution >= 4 is 23.6 Å². The molecule has 0 aliphatic carbocycles. The van der Waals surface area contributed by atoms with E-state index in [0.717, 1.165) is 17.1 Å². The smallest absolute Gasteiger partial charge is 0.330 e. The number of carbonyl (C=O) groups is 2. The third-order valence-corrected chi connectivity index (χ3v) is 4.60. The van der Waals surface area contributed by atoms with Crippen LogP contribution >= 0.6 is 11.8 Å². The molecule has 0 saturated carbocycles. The van der Waals surface area contributed by atoms with Gasteiger partial charge < -0.3 is 15.2 Å². The van der Waals surface area contributed by atoms with Gasteiger partial charge in [0.05, 0.1) is 13.0 Å². The maximum atomic E-state index is 12.1. The van der Waals surface area contributed by atoms with Crippen LogP contribution in [-0.4, -0.2) is 40.6 Å². The summed E-state index contributed by atoms with van der Waals surface area (Å²) in [7, 11) is 0. The number of hydrogen-bond donors (Lipinski definition) is 2. The van der Waals surface area contributed by atoms with Crippen molar-refractivity contribution in [3.05, 3.63) is 29.8 Å². The van der Waals surface area contributed by atoms with Gasteiger partial charge in [-0.15, -0.1) is 0 Å². The molecule has 0 aromatic heterocycles. The Hall–Kier alpha value is -1.69. The van der Waals surface area contributed by atoms with Crippen LogP contribution in [0.1, 0.15) is 18.9 Å². The van der Waals surface area contributed by atoms with Crippen LogP contribution in [0.3, 0.4) is 0 Å². The SMILES string of the molecule is CCOc1ccc(CC(=O)NC2(C(=O)O)CCSC2)cc1. The monoisotopic (exact) mass is 309 g/mol. The zero-order valence-electron chi connectivity index (χ0n) is 11.9. The van der Waals surface area contributed by atoms with Crippen molar-refractivity contribution in [2.75, 3.05) is 18.1 Å². The molecule has 1 saturated heterocycles. The average Bonchev–Trinajstić information content (AvgIpc) is 2.91. The quantitative estimate of drug-likeness (QED) is 0.836. The van der Waals surface area contributed by atoms with E-state index in [1.54, 1.807) is 11.8 Å². The van der Waals surface area contributed by atoms with Crippen molar-refractivity contribution in [1.29, 1.82) is 0 Å². The Morgan fingerprint density at radius 2 is 2.10 bits per heavy atom. The van der Waals surface area contributed by atoms with E-state index in [4.69, 9.17) is 4.74 Å². The summed E-state index contributed by atoms with van der Waals surface area (Å²) < 4.78 is 5.34. The van der Waals surface area contributed by atoms with Crippen LogP contribution in [0, 0.1) is 0 Å². The highest BCUT2D eigenvalue weighted by atomic mass is 32.2. The number of hydrogen-bond acceptors (Lipinski definition) is 4. The van der Waals surface area contributed by atoms with Gasteiger partial charge in [0.15, 0.2) is 0 Å². The molecule has 1 fully saturated rings. The summed E-state index contributed by atoms with van der Waals surface area (Å²) in [6.45, 7) is 2.50. The first-order chi connectivity index (χ1) is 10.1. The highest BCUT2D eigenvalue weighted by molar-refractivity contribution is 7.99. The first kappa shape index (κ1) is 15.7. The largest absolute Gasteiger partial charge is 0.494 e. The Morgan fingerprint density at radius 3 is 2.62 bits per heavy atom. The van der Waals surface area contributed by atoms with Crippen molar-refractivity contribution in [2.24, 2.45) is 0 Å². The molecule has 0 spiro atoms. The topological polar surface area (TPSA) is 75.6 Å². The summed E-state index contributed by atoms with van der Waals surface area (Å²) in [6.07, 6.45) is 0.647. The fourth-order valence-electron chi connectivity index (χ4n) is 2.25. The van der Waals surface area contributed by atoms with Gasteiger partial charge in [0.25, 0.3) is 0 Å². The van der Waals surface area contributed by atoms with Crippen LogP contribution in [-0.2, 0) is 16.0 Å². The van der Waals surface area contributed by atoms with E-state index in [-0.39, 0.29) is 12.3 Å². The van der Waals surface area contributed by atoms with Gasteiger partial charge in [-0.3, -0.25) is 4.79 Å². The molecular formula is C15H19NO4S. The van der Waals surface area contributed by atoms with E-state index < -0.39 is 11.5 Å². The summed E-state index contributed by atoms with van der Waals surface area (Å²) in [5, 5.41) is 12.0. The fourth-order valence-corrected chi connectivity index (χ4v) is 3.58. The molecule has 1 unspecified atom stereocenters. The van der Waals surface area contributed by atoms with Crippen LogP contribution < -0.4 is 10.1 Å². The van der Waals surface area contributed by atoms with E-state index >= 15 is 0 Å². The van der Waals surface area contributed by atoms with Gasteiger partial charge >= 0.3 is 5.97 Å². The molecule has 0 radical (unpaired) electrons. The third-order valence-electron chi connectivity index (χ3n) is 3.41. The Kier molecular flexibility index (Phi) is 5.12. The molecule has 2 rings (SSSR count). The zero-order chi connectivity index (χ0) is 15.3. The first-order valence-corrected chi connectivity index (χ1v) is 8.05. The second-order valence-electron chi connectivity index (χ2n) is 4.99. The predicted molar refractivity (Wildman–Crippen MR) is 81.8 cm³/mol. The number of carboxylic acids is 1. The Bertz CT molecular complexity index is 509. The number of amides is 1. The Morgan fingerprint density at radius 1 is 1.38 bits per heavy atom. The van der Waals surface area contributed by atoms with Gasteiger partial charge in [-0.1, -0.05) is 12.1 Å². The summed E-state index contributed by atoms with van der Waals surface area (Å²) in [4.78, 5) is 23.5. The maximum Gasteiger partial charge on any atom is 0.330 e. The maximum absolute atomic E-state index is 12.1. The van der Waals surface area contributed by atoms with Gasteiger partial charge in [-0.2, -0.15) is 11.8 Å². The lowest BCUT2D eigenvalue weighted by molar-refractivity contribution is -0.146. The molecule has 1 aromatic carbocycles. The van der Waals surface area contributed by atoms with E-state index in [0.29, 0.717) is 18.8 Å². The van der Waals surface area contributed by atoms with Crippen LogP contribution in [0.2, 0.25) is 0 Å². The Balaban J connectivity index is 1.96. The van der Waals surface area contributed by atoms with E-state index in [9.17, 15) is 14.7 Å². The Labute approximate surface area is 128 Å². The third kappa shape index (κ3) is 3.91. The number of benzene rings is 1. The second-order valence-corrected chi connectivity index (χ2v) is 6.10. The average molecular weight is 309 g/mol. The van der Waals surface area contributed by atoms with Crippen molar-refractivity contribution < 1.29 is 19.4 Å². The lowest BCUT2D eigenvalue weighted by Gasteiger charge is -2.24. The van der Waals surface area contributed by atoms with Crippen molar-refractivity contribution in [2.45, 2.75) is 25.3 Å². The number of carboxylic acid groups (broad SMARTS) is 1. The molecule has 0 bridgehead atoms. The molecule has 2 N–H and O–H groups in total. The molecular weight excluding hydrogens is 290 g/mol. The molecule has 5 nitrogen and oxygen atoms in total. The summed E-state index contributed by atoms with van der Waals surface area (Å²) in [5.41, 5.74) is -0.269. The number of carbonyl (C=O) groups excluding carboxylic acids is 1. The van der Waals surface area contributed by atoms with Gasteiger partial charge in [0.1, 0.15) is 11.3 Å². The van der Waals surface area contributed by atoms with Crippen LogP contribution in [0.25, 0.3) is 0 Å². The molecule has 1 aliphatic heterocycles. The standard InChI is InChI=1S/C15H19NO4S/c1-2-20-12-5-3-11(4-6-12)9-13(17)16-15(14(18)19)7-8-21-10-15/h3-6H,2,7-10H2,1H3,(H,16,17)(H,18,19). The van der Waals surface area contributed by atoms with E-state index in [2.05, 4.69) is 5.32 Å². The van der Waals surface area contributed by atoms with Gasteiger partial charge in [-0.25, -0.2) is 4.79 Å². The minimum Gasteiger partial charge on any atom is -0.494 e. The number of nitrogens with one attached hydrogen (secondary N) is 1. The molecule has 21 heavy (non-hydrogen) atoms.